The highest BCUT2D eigenvalue weighted by atomic mass is 16.5. The highest BCUT2D eigenvalue weighted by Crippen LogP contribution is 2.27. The summed E-state index contributed by atoms with van der Waals surface area (Å²) in [7, 11) is 0. The van der Waals surface area contributed by atoms with Crippen molar-refractivity contribution in [2.75, 3.05) is 13.1 Å². The van der Waals surface area contributed by atoms with Gasteiger partial charge in [-0.2, -0.15) is 4.98 Å². The smallest absolute Gasteiger partial charge is 0.246 e. The Bertz CT molecular complexity index is 851. The van der Waals surface area contributed by atoms with Crippen molar-refractivity contribution < 1.29 is 13.7 Å². The summed E-state index contributed by atoms with van der Waals surface area (Å²) in [6.45, 7) is 1.09. The topological polar surface area (TPSA) is 98.2 Å². The van der Waals surface area contributed by atoms with E-state index in [1.54, 1.807) is 48.0 Å². The molecule has 0 atom stereocenters. The van der Waals surface area contributed by atoms with Gasteiger partial charge in [0.25, 0.3) is 0 Å². The van der Waals surface area contributed by atoms with Crippen molar-refractivity contribution in [1.82, 2.24) is 25.0 Å². The van der Waals surface area contributed by atoms with Gasteiger partial charge >= 0.3 is 0 Å². The molecule has 0 aliphatic carbocycles. The van der Waals surface area contributed by atoms with Gasteiger partial charge in [-0.15, -0.1) is 0 Å². The summed E-state index contributed by atoms with van der Waals surface area (Å²) < 4.78 is 10.4. The second-order valence-electron chi connectivity index (χ2n) is 5.34. The van der Waals surface area contributed by atoms with Crippen molar-refractivity contribution in [3.8, 4) is 11.5 Å². The van der Waals surface area contributed by atoms with Crippen LogP contribution in [0.25, 0.3) is 17.6 Å². The van der Waals surface area contributed by atoms with Crippen LogP contribution in [0.5, 0.6) is 0 Å². The molecule has 24 heavy (non-hydrogen) atoms. The zero-order chi connectivity index (χ0) is 16.4. The maximum Gasteiger partial charge on any atom is 0.246 e. The lowest BCUT2D eigenvalue weighted by Crippen LogP contribution is -2.47. The minimum Gasteiger partial charge on any atom is -0.465 e. The van der Waals surface area contributed by atoms with Crippen molar-refractivity contribution in [2.45, 2.75) is 5.92 Å². The van der Waals surface area contributed by atoms with Crippen LogP contribution in [-0.4, -0.2) is 44.0 Å². The maximum atomic E-state index is 12.0. The third kappa shape index (κ3) is 2.81. The Kier molecular flexibility index (Phi) is 3.62. The molecule has 8 heteroatoms. The summed E-state index contributed by atoms with van der Waals surface area (Å²) in [6.07, 6.45) is 9.43. The molecule has 0 aromatic carbocycles. The number of hydrogen-bond donors (Lipinski definition) is 0. The number of rotatable bonds is 4. The van der Waals surface area contributed by atoms with E-state index in [0.717, 1.165) is 0 Å². The molecule has 0 unspecified atom stereocenters. The van der Waals surface area contributed by atoms with E-state index >= 15 is 0 Å². The van der Waals surface area contributed by atoms with Crippen LogP contribution in [0.2, 0.25) is 0 Å². The number of aromatic nitrogens is 4. The van der Waals surface area contributed by atoms with Gasteiger partial charge in [0.2, 0.25) is 17.6 Å². The number of amides is 1. The molecule has 0 bridgehead atoms. The summed E-state index contributed by atoms with van der Waals surface area (Å²) in [4.78, 5) is 26.2. The number of carbonyl (C=O) groups excluding carboxylic acids is 1. The van der Waals surface area contributed by atoms with Crippen LogP contribution >= 0.6 is 0 Å². The minimum atomic E-state index is -0.0729. The van der Waals surface area contributed by atoms with Crippen molar-refractivity contribution in [1.29, 1.82) is 0 Å². The largest absolute Gasteiger partial charge is 0.465 e. The highest BCUT2D eigenvalue weighted by molar-refractivity contribution is 5.92. The van der Waals surface area contributed by atoms with E-state index in [-0.39, 0.29) is 11.8 Å². The second kappa shape index (κ2) is 6.07. The normalized spacial score (nSPS) is 14.9. The molecule has 1 fully saturated rings. The lowest BCUT2D eigenvalue weighted by atomic mass is 10.00. The quantitative estimate of drug-likeness (QED) is 0.675. The summed E-state index contributed by atoms with van der Waals surface area (Å²) in [5, 5.41) is 3.91. The molecule has 0 radical (unpaired) electrons. The Morgan fingerprint density at radius 1 is 1.33 bits per heavy atom. The molecule has 120 valence electrons. The lowest BCUT2D eigenvalue weighted by molar-refractivity contribution is -0.130. The number of likely N-dealkylation sites (tertiary alicyclic amines) is 1. The zero-order valence-electron chi connectivity index (χ0n) is 12.6. The Balaban J connectivity index is 1.36. The SMILES string of the molecule is O=C(/C=C/c1ccco1)N1CC(c2nc(-c3cnccn3)no2)C1. The highest BCUT2D eigenvalue weighted by Gasteiger charge is 2.34. The predicted molar refractivity (Wildman–Crippen MR) is 82.4 cm³/mol. The molecule has 4 rings (SSSR count). The molecule has 1 aliphatic heterocycles. The molecule has 0 saturated carbocycles. The van der Waals surface area contributed by atoms with E-state index in [1.165, 1.54) is 6.08 Å². The Labute approximate surface area is 136 Å². The van der Waals surface area contributed by atoms with Gasteiger partial charge in [-0.3, -0.25) is 9.78 Å². The summed E-state index contributed by atoms with van der Waals surface area (Å²) in [5.41, 5.74) is 0.557. The molecule has 1 aliphatic rings. The third-order valence-corrected chi connectivity index (χ3v) is 3.71. The Morgan fingerprint density at radius 2 is 2.25 bits per heavy atom. The van der Waals surface area contributed by atoms with Crippen molar-refractivity contribution in [3.05, 3.63) is 54.7 Å². The molecule has 0 N–H and O–H groups in total. The average molecular weight is 323 g/mol. The van der Waals surface area contributed by atoms with E-state index in [4.69, 9.17) is 8.94 Å². The molecule has 3 aromatic rings. The van der Waals surface area contributed by atoms with Crippen LogP contribution in [-0.2, 0) is 4.79 Å². The fourth-order valence-electron chi connectivity index (χ4n) is 2.38. The summed E-state index contributed by atoms with van der Waals surface area (Å²) in [5.74, 6) is 1.53. The van der Waals surface area contributed by atoms with Crippen LogP contribution < -0.4 is 0 Å². The van der Waals surface area contributed by atoms with Crippen LogP contribution in [0.1, 0.15) is 17.6 Å². The standard InChI is InChI=1S/C16H13N5O3/c22-14(4-3-12-2-1-7-23-12)21-9-11(10-21)16-19-15(20-24-16)13-8-17-5-6-18-13/h1-8,11H,9-10H2/b4-3+. The molecule has 8 nitrogen and oxygen atoms in total. The van der Waals surface area contributed by atoms with Crippen LogP contribution in [0.3, 0.4) is 0 Å². The molecule has 1 saturated heterocycles. The number of carbonyl (C=O) groups is 1. The second-order valence-corrected chi connectivity index (χ2v) is 5.34. The van der Waals surface area contributed by atoms with E-state index < -0.39 is 0 Å². The van der Waals surface area contributed by atoms with Crippen molar-refractivity contribution >= 4 is 12.0 Å². The van der Waals surface area contributed by atoms with Crippen LogP contribution in [0.15, 0.2) is 52.0 Å². The number of nitrogens with zero attached hydrogens (tertiary/aromatic N) is 5. The Morgan fingerprint density at radius 3 is 3.00 bits per heavy atom. The summed E-state index contributed by atoms with van der Waals surface area (Å²) in [6, 6.07) is 3.56. The average Bonchev–Trinajstić information content (AvgIpc) is 3.24. The molecular weight excluding hydrogens is 310 g/mol. The van der Waals surface area contributed by atoms with Crippen LogP contribution in [0.4, 0.5) is 0 Å². The van der Waals surface area contributed by atoms with Gasteiger partial charge in [0.15, 0.2) is 0 Å². The first-order valence-electron chi connectivity index (χ1n) is 7.40. The van der Waals surface area contributed by atoms with Gasteiger partial charge in [-0.05, 0) is 18.2 Å². The van der Waals surface area contributed by atoms with E-state index in [2.05, 4.69) is 20.1 Å². The van der Waals surface area contributed by atoms with Gasteiger partial charge in [0, 0.05) is 31.6 Å². The molecule has 3 aromatic heterocycles. The third-order valence-electron chi connectivity index (χ3n) is 3.71. The monoisotopic (exact) mass is 323 g/mol. The number of hydrogen-bond acceptors (Lipinski definition) is 7. The fraction of sp³-hybridized carbons (Fsp3) is 0.188. The number of furan rings is 1. The molecule has 4 heterocycles. The van der Waals surface area contributed by atoms with Crippen molar-refractivity contribution in [2.24, 2.45) is 0 Å². The van der Waals surface area contributed by atoms with E-state index in [9.17, 15) is 4.79 Å². The van der Waals surface area contributed by atoms with E-state index in [1.807, 2.05) is 0 Å². The van der Waals surface area contributed by atoms with E-state index in [0.29, 0.717) is 36.3 Å². The molecular formula is C16H13N5O3. The lowest BCUT2D eigenvalue weighted by Gasteiger charge is -2.36. The van der Waals surface area contributed by atoms with Crippen molar-refractivity contribution in [3.63, 3.8) is 0 Å². The molecule has 1 amide bonds. The fourth-order valence-corrected chi connectivity index (χ4v) is 2.38. The first-order chi connectivity index (χ1) is 11.8. The van der Waals surface area contributed by atoms with Gasteiger partial charge < -0.3 is 13.8 Å². The zero-order valence-corrected chi connectivity index (χ0v) is 12.6. The van der Waals surface area contributed by atoms with Gasteiger partial charge in [-0.25, -0.2) is 4.98 Å². The van der Waals surface area contributed by atoms with Gasteiger partial charge in [0.05, 0.1) is 18.4 Å². The van der Waals surface area contributed by atoms with Gasteiger partial charge in [-0.1, -0.05) is 5.16 Å². The first-order valence-corrected chi connectivity index (χ1v) is 7.40. The predicted octanol–water partition coefficient (Wildman–Crippen LogP) is 1.76. The Hall–Kier alpha value is -3.29. The summed E-state index contributed by atoms with van der Waals surface area (Å²) >= 11 is 0. The van der Waals surface area contributed by atoms with Gasteiger partial charge in [0.1, 0.15) is 11.5 Å². The first kappa shape index (κ1) is 14.3. The van der Waals surface area contributed by atoms with Crippen LogP contribution in [0, 0.1) is 0 Å². The maximum absolute atomic E-state index is 12.0. The molecule has 0 spiro atoms. The minimum absolute atomic E-state index is 0.0453.